The van der Waals surface area contributed by atoms with Gasteiger partial charge in [0.25, 0.3) is 0 Å². The van der Waals surface area contributed by atoms with Crippen LogP contribution in [0.25, 0.3) is 0 Å². The van der Waals surface area contributed by atoms with Crippen LogP contribution >= 0.6 is 24.0 Å². The van der Waals surface area contributed by atoms with E-state index >= 15 is 0 Å². The van der Waals surface area contributed by atoms with Gasteiger partial charge < -0.3 is 15.4 Å². The van der Waals surface area contributed by atoms with E-state index in [2.05, 4.69) is 41.5 Å². The standard InChI is InChI=1S/C20H34N4O.HI/c1-5-21-20(23-15-18-8-7-13-24(18)6-2)22-14-17-9-11-19(12-10-17)25-16(3)4;/h9-12,16,18H,5-8,13-15H2,1-4H3,(H2,21,22,23);1H. The fourth-order valence-electron chi connectivity index (χ4n) is 3.21. The Labute approximate surface area is 176 Å². The van der Waals surface area contributed by atoms with Gasteiger partial charge in [0.15, 0.2) is 5.96 Å². The predicted molar refractivity (Wildman–Crippen MR) is 121 cm³/mol. The number of nitrogens with zero attached hydrogens (tertiary/aromatic N) is 2. The summed E-state index contributed by atoms with van der Waals surface area (Å²) < 4.78 is 5.68. The Morgan fingerprint density at radius 2 is 1.96 bits per heavy atom. The molecule has 0 spiro atoms. The topological polar surface area (TPSA) is 48.9 Å². The minimum Gasteiger partial charge on any atom is -0.491 e. The number of halogens is 1. The summed E-state index contributed by atoms with van der Waals surface area (Å²) in [5.41, 5.74) is 1.18. The molecule has 1 unspecified atom stereocenters. The Bertz CT molecular complexity index is 533. The van der Waals surface area contributed by atoms with Crippen LogP contribution in [0.3, 0.4) is 0 Å². The summed E-state index contributed by atoms with van der Waals surface area (Å²) in [7, 11) is 0. The van der Waals surface area contributed by atoms with E-state index in [-0.39, 0.29) is 30.1 Å². The third-order valence-corrected chi connectivity index (χ3v) is 4.47. The molecule has 5 nitrogen and oxygen atoms in total. The molecule has 26 heavy (non-hydrogen) atoms. The molecule has 0 bridgehead atoms. The average Bonchev–Trinajstić information content (AvgIpc) is 3.05. The minimum atomic E-state index is 0. The molecule has 0 aromatic heterocycles. The maximum atomic E-state index is 5.68. The summed E-state index contributed by atoms with van der Waals surface area (Å²) in [6, 6.07) is 8.83. The van der Waals surface area contributed by atoms with Gasteiger partial charge in [-0.05, 0) is 64.4 Å². The number of guanidine groups is 1. The number of rotatable bonds is 8. The van der Waals surface area contributed by atoms with Crippen LogP contribution in [0.1, 0.15) is 46.1 Å². The van der Waals surface area contributed by atoms with Gasteiger partial charge in [-0.25, -0.2) is 4.99 Å². The second kappa shape index (κ2) is 12.4. The quantitative estimate of drug-likeness (QED) is 0.343. The predicted octanol–water partition coefficient (Wildman–Crippen LogP) is 3.63. The number of aliphatic imine (C=N–C) groups is 1. The molecule has 2 N–H and O–H groups in total. The maximum absolute atomic E-state index is 5.68. The lowest BCUT2D eigenvalue weighted by atomic mass is 10.2. The van der Waals surface area contributed by atoms with Crippen LogP contribution in [0.5, 0.6) is 5.75 Å². The number of benzene rings is 1. The third-order valence-electron chi connectivity index (χ3n) is 4.47. The molecule has 0 amide bonds. The first-order valence-corrected chi connectivity index (χ1v) is 9.64. The molecule has 0 aliphatic carbocycles. The van der Waals surface area contributed by atoms with Gasteiger partial charge in [0.2, 0.25) is 0 Å². The van der Waals surface area contributed by atoms with Crippen molar-refractivity contribution in [1.29, 1.82) is 0 Å². The lowest BCUT2D eigenvalue weighted by Gasteiger charge is -2.24. The van der Waals surface area contributed by atoms with Crippen molar-refractivity contribution < 1.29 is 4.74 Å². The molecule has 0 saturated carbocycles. The molecule has 1 heterocycles. The second-order valence-electron chi connectivity index (χ2n) is 6.81. The van der Waals surface area contributed by atoms with Gasteiger partial charge in [-0.15, -0.1) is 24.0 Å². The molecule has 2 rings (SSSR count). The van der Waals surface area contributed by atoms with Crippen LogP contribution in [0.15, 0.2) is 29.3 Å². The van der Waals surface area contributed by atoms with Crippen molar-refractivity contribution in [2.75, 3.05) is 26.2 Å². The van der Waals surface area contributed by atoms with E-state index in [1.54, 1.807) is 0 Å². The average molecular weight is 474 g/mol. The van der Waals surface area contributed by atoms with Crippen molar-refractivity contribution in [3.8, 4) is 5.75 Å². The molecule has 1 aliphatic heterocycles. The van der Waals surface area contributed by atoms with E-state index in [1.165, 1.54) is 24.9 Å². The molecule has 1 fully saturated rings. The van der Waals surface area contributed by atoms with E-state index < -0.39 is 0 Å². The number of nitrogens with one attached hydrogen (secondary N) is 2. The van der Waals surface area contributed by atoms with Gasteiger partial charge >= 0.3 is 0 Å². The number of likely N-dealkylation sites (tertiary alicyclic amines) is 1. The SMILES string of the molecule is CCNC(=NCc1ccc(OC(C)C)cc1)NCC1CCCN1CC.I. The summed E-state index contributed by atoms with van der Waals surface area (Å²) in [5, 5.41) is 6.85. The van der Waals surface area contributed by atoms with Crippen molar-refractivity contribution in [3.05, 3.63) is 29.8 Å². The third kappa shape index (κ3) is 7.70. The highest BCUT2D eigenvalue weighted by Gasteiger charge is 2.22. The lowest BCUT2D eigenvalue weighted by molar-refractivity contribution is 0.242. The normalized spacial score (nSPS) is 17.9. The molecule has 1 saturated heterocycles. The molecule has 6 heteroatoms. The van der Waals surface area contributed by atoms with Crippen LogP contribution < -0.4 is 15.4 Å². The van der Waals surface area contributed by atoms with Crippen LogP contribution in [-0.2, 0) is 6.54 Å². The Hall–Kier alpha value is -1.02. The number of hydrogen-bond donors (Lipinski definition) is 2. The fourth-order valence-corrected chi connectivity index (χ4v) is 3.21. The zero-order valence-corrected chi connectivity index (χ0v) is 19.0. The summed E-state index contributed by atoms with van der Waals surface area (Å²) in [4.78, 5) is 7.27. The summed E-state index contributed by atoms with van der Waals surface area (Å²) in [5.74, 6) is 1.81. The van der Waals surface area contributed by atoms with Gasteiger partial charge in [-0.1, -0.05) is 19.1 Å². The number of hydrogen-bond acceptors (Lipinski definition) is 3. The molecule has 0 radical (unpaired) electrons. The Morgan fingerprint density at radius 3 is 2.58 bits per heavy atom. The highest BCUT2D eigenvalue weighted by molar-refractivity contribution is 14.0. The van der Waals surface area contributed by atoms with E-state index in [1.807, 2.05) is 26.0 Å². The lowest BCUT2D eigenvalue weighted by Crippen LogP contribution is -2.44. The molecular formula is C20H35IN4O. The van der Waals surface area contributed by atoms with Crippen molar-refractivity contribution >= 4 is 29.9 Å². The van der Waals surface area contributed by atoms with Crippen LogP contribution in [-0.4, -0.2) is 49.2 Å². The zero-order valence-electron chi connectivity index (χ0n) is 16.6. The Morgan fingerprint density at radius 1 is 1.23 bits per heavy atom. The van der Waals surface area contributed by atoms with Crippen molar-refractivity contribution in [2.45, 2.75) is 59.2 Å². The number of likely N-dealkylation sites (N-methyl/N-ethyl adjacent to an activating group) is 1. The minimum absolute atomic E-state index is 0. The largest absolute Gasteiger partial charge is 0.491 e. The zero-order chi connectivity index (χ0) is 18.1. The molecule has 148 valence electrons. The summed E-state index contributed by atoms with van der Waals surface area (Å²) in [6.07, 6.45) is 2.78. The van der Waals surface area contributed by atoms with Crippen molar-refractivity contribution in [3.63, 3.8) is 0 Å². The molecule has 1 aliphatic rings. The summed E-state index contributed by atoms with van der Waals surface area (Å²) in [6.45, 7) is 13.3. The van der Waals surface area contributed by atoms with E-state index in [9.17, 15) is 0 Å². The van der Waals surface area contributed by atoms with Gasteiger partial charge in [0.05, 0.1) is 12.6 Å². The Balaban J connectivity index is 0.00000338. The van der Waals surface area contributed by atoms with E-state index in [0.717, 1.165) is 31.3 Å². The fraction of sp³-hybridized carbons (Fsp3) is 0.650. The molecule has 1 aromatic rings. The second-order valence-corrected chi connectivity index (χ2v) is 6.81. The van der Waals surface area contributed by atoms with Crippen molar-refractivity contribution in [1.82, 2.24) is 15.5 Å². The van der Waals surface area contributed by atoms with Crippen LogP contribution in [0.4, 0.5) is 0 Å². The Kier molecular flexibility index (Phi) is 11.0. The van der Waals surface area contributed by atoms with Gasteiger partial charge in [0.1, 0.15) is 5.75 Å². The smallest absolute Gasteiger partial charge is 0.191 e. The molecule has 1 atom stereocenters. The monoisotopic (exact) mass is 474 g/mol. The molecule has 1 aromatic carbocycles. The van der Waals surface area contributed by atoms with Crippen molar-refractivity contribution in [2.24, 2.45) is 4.99 Å². The first kappa shape index (κ1) is 23.0. The van der Waals surface area contributed by atoms with E-state index in [0.29, 0.717) is 12.6 Å². The van der Waals surface area contributed by atoms with Crippen LogP contribution in [0.2, 0.25) is 0 Å². The van der Waals surface area contributed by atoms with E-state index in [4.69, 9.17) is 9.73 Å². The highest BCUT2D eigenvalue weighted by Crippen LogP contribution is 2.16. The highest BCUT2D eigenvalue weighted by atomic mass is 127. The maximum Gasteiger partial charge on any atom is 0.191 e. The van der Waals surface area contributed by atoms with Gasteiger partial charge in [0, 0.05) is 19.1 Å². The van der Waals surface area contributed by atoms with Crippen LogP contribution in [0, 0.1) is 0 Å². The number of ether oxygens (including phenoxy) is 1. The first-order chi connectivity index (χ1) is 12.1. The summed E-state index contributed by atoms with van der Waals surface area (Å²) >= 11 is 0. The molecular weight excluding hydrogens is 439 g/mol. The van der Waals surface area contributed by atoms with Gasteiger partial charge in [-0.2, -0.15) is 0 Å². The first-order valence-electron chi connectivity index (χ1n) is 9.64. The van der Waals surface area contributed by atoms with Gasteiger partial charge in [-0.3, -0.25) is 4.90 Å².